The zero-order valence-electron chi connectivity index (χ0n) is 52.5. The number of aliphatic hydroxyl groups is 3. The summed E-state index contributed by atoms with van der Waals surface area (Å²) in [6.45, 7) is 5.35. The number of esters is 1. The topological polar surface area (TPSA) is 304 Å². The number of benzene rings is 6. The maximum atomic E-state index is 13.5. The van der Waals surface area contributed by atoms with Crippen molar-refractivity contribution in [2.75, 3.05) is 46.8 Å². The molecule has 0 unspecified atom stereocenters. The standard InChI is InChI=1S/C25H24N2O5.2C23H22N2O4.CH4O.Li.H2O/c1-15(28)32-23-14-31-9-8-22(23)27-13-21-19-5-3-2-4-18(19)17(11-20(21)25(27)30)10-16-6-7-24(29)26-12-16;2*26-21-13-29-8-7-20(21)25-12-19-17-4-2-1-3-16(17)15(10-18(19)23(25)28)9-14-5-6-22(27)24-11-14;1-2;;/h2-7,11-12,22-23H,8-10,13-14H2,1H3,(H,26,29);2*1-6,10-11,20-21,26H,7-9,12-13H2,(H,24,27);2H,1H3;;1H2/q;;;;+1;/p-1/t22-,23-;2*20-,21-;;;/m000.../s1. The molecule has 3 saturated heterocycles. The van der Waals surface area contributed by atoms with Crippen molar-refractivity contribution in [2.24, 2.45) is 0 Å². The van der Waals surface area contributed by atoms with Crippen LogP contribution in [0.5, 0.6) is 0 Å². The van der Waals surface area contributed by atoms with E-state index in [2.05, 4.69) is 51.4 Å². The molecule has 6 aliphatic heterocycles. The van der Waals surface area contributed by atoms with Crippen LogP contribution in [0.4, 0.5) is 0 Å². The number of aliphatic hydroxyl groups excluding tert-OH is 3. The normalized spacial score (nSPS) is 20.3. The Balaban J connectivity index is 0.000000150. The first-order valence-electron chi connectivity index (χ1n) is 31.0. The number of nitrogens with zero attached hydrogens (tertiary/aromatic N) is 3. The SMILES string of the molecule is CC(=O)O[C@H]1COCC[C@@H]1N1Cc2c(cc(Cc3ccc(=O)[nH]c3)c3ccccc23)C1=O.CO.O=C1c2cc(Cc3ccc(=O)[nH]c3)c3ccccc3c2CN1[C@H]1CCOC[C@@H]1O.O=C1c2cc(Cc3ccc(=O)[nH]c3)c3ccccc3c2CN1[C@H]1CCOC[C@@H]1O.[Li+].[OH-]. The van der Waals surface area contributed by atoms with Crippen molar-refractivity contribution in [3.8, 4) is 0 Å². The number of rotatable bonds is 10. The Labute approximate surface area is 552 Å². The summed E-state index contributed by atoms with van der Waals surface area (Å²) < 4.78 is 21.7. The number of H-pyrrole nitrogens is 3. The van der Waals surface area contributed by atoms with Gasteiger partial charge in [0.2, 0.25) is 16.7 Å². The summed E-state index contributed by atoms with van der Waals surface area (Å²) in [7, 11) is 1.00. The molecule has 9 aromatic rings. The van der Waals surface area contributed by atoms with Crippen molar-refractivity contribution in [3.63, 3.8) is 0 Å². The third-order valence-electron chi connectivity index (χ3n) is 18.3. The summed E-state index contributed by atoms with van der Waals surface area (Å²) >= 11 is 0. The van der Waals surface area contributed by atoms with Gasteiger partial charge < -0.3 is 69.4 Å². The predicted molar refractivity (Wildman–Crippen MR) is 346 cm³/mol. The molecule has 94 heavy (non-hydrogen) atoms. The molecule has 0 spiro atoms. The minimum atomic E-state index is -0.658. The van der Waals surface area contributed by atoms with E-state index in [0.29, 0.717) is 101 Å². The Morgan fingerprint density at radius 2 is 0.777 bits per heavy atom. The Bertz CT molecular complexity index is 4230. The van der Waals surface area contributed by atoms with Crippen LogP contribution in [0, 0.1) is 0 Å². The molecule has 482 valence electrons. The van der Waals surface area contributed by atoms with Crippen LogP contribution >= 0.6 is 0 Å². The monoisotopic (exact) mass is 1270 g/mol. The molecule has 0 aliphatic carbocycles. The maximum Gasteiger partial charge on any atom is 1.00 e. The van der Waals surface area contributed by atoms with Gasteiger partial charge in [0.25, 0.3) is 17.7 Å². The van der Waals surface area contributed by atoms with E-state index < -0.39 is 18.3 Å². The van der Waals surface area contributed by atoms with Crippen LogP contribution in [-0.4, -0.2) is 157 Å². The third kappa shape index (κ3) is 14.1. The van der Waals surface area contributed by atoms with Gasteiger partial charge in [0, 0.05) is 107 Å². The summed E-state index contributed by atoms with van der Waals surface area (Å²) in [5, 5.41) is 34.2. The number of hydrogen-bond acceptors (Lipinski definition) is 15. The number of carbonyl (C=O) groups is 4. The smallest absolute Gasteiger partial charge is 0.870 e. The predicted octanol–water partition coefficient (Wildman–Crippen LogP) is 3.68. The van der Waals surface area contributed by atoms with E-state index in [0.717, 1.165) is 89.5 Å². The van der Waals surface area contributed by atoms with Crippen LogP contribution in [0.2, 0.25) is 0 Å². The molecule has 0 saturated carbocycles. The van der Waals surface area contributed by atoms with Crippen LogP contribution < -0.4 is 35.5 Å². The van der Waals surface area contributed by atoms with Gasteiger partial charge in [-0.1, -0.05) is 91.0 Å². The molecule has 3 amide bonds. The molecule has 6 aliphatic rings. The number of fused-ring (bicyclic) bond motifs is 9. The average molecular weight is 1270 g/mol. The molecule has 3 fully saturated rings. The zero-order chi connectivity index (χ0) is 64.2. The molecule has 6 atom stereocenters. The van der Waals surface area contributed by atoms with Gasteiger partial charge in [-0.25, -0.2) is 0 Å². The van der Waals surface area contributed by atoms with E-state index in [1.165, 1.54) is 25.1 Å². The molecule has 3 aromatic heterocycles. The second-order valence-electron chi connectivity index (χ2n) is 23.9. The fourth-order valence-electron chi connectivity index (χ4n) is 13.9. The quantitative estimate of drug-likeness (QED) is 0.0841. The van der Waals surface area contributed by atoms with Gasteiger partial charge in [-0.2, -0.15) is 0 Å². The first-order valence-corrected chi connectivity index (χ1v) is 31.0. The maximum absolute atomic E-state index is 13.5. The largest absolute Gasteiger partial charge is 1.00 e. The summed E-state index contributed by atoms with van der Waals surface area (Å²) in [6, 6.07) is 39.6. The number of ether oxygens (including phenoxy) is 4. The van der Waals surface area contributed by atoms with Crippen LogP contribution in [0.15, 0.2) is 160 Å². The number of aromatic amines is 3. The number of amides is 3. The van der Waals surface area contributed by atoms with Crippen LogP contribution in [0.1, 0.15) is 107 Å². The number of pyridine rings is 3. The zero-order valence-corrected chi connectivity index (χ0v) is 52.5. The first-order chi connectivity index (χ1) is 44.7. The fraction of sp³-hybridized carbons (Fsp3) is 0.319. The second kappa shape index (κ2) is 30.0. The van der Waals surface area contributed by atoms with E-state index in [9.17, 15) is 43.8 Å². The van der Waals surface area contributed by atoms with Crippen LogP contribution in [-0.2, 0) is 62.6 Å². The van der Waals surface area contributed by atoms with Gasteiger partial charge in [0.05, 0.1) is 50.2 Å². The Morgan fingerprint density at radius 1 is 0.468 bits per heavy atom. The molecule has 7 N–H and O–H groups in total. The summed E-state index contributed by atoms with van der Waals surface area (Å²) in [5.41, 5.74) is 10.8. The van der Waals surface area contributed by atoms with Gasteiger partial charge in [-0.15, -0.1) is 0 Å². The van der Waals surface area contributed by atoms with Crippen LogP contribution in [0.25, 0.3) is 32.3 Å². The van der Waals surface area contributed by atoms with Gasteiger partial charge in [0.15, 0.2) is 0 Å². The van der Waals surface area contributed by atoms with Crippen molar-refractivity contribution < 1.29 is 77.8 Å². The van der Waals surface area contributed by atoms with Crippen molar-refractivity contribution in [1.82, 2.24) is 29.7 Å². The molecular formula is C72H73LiN6O15. The van der Waals surface area contributed by atoms with Gasteiger partial charge in [-0.05, 0) is 139 Å². The molecular weight excluding hydrogens is 1200 g/mol. The number of aromatic nitrogens is 3. The van der Waals surface area contributed by atoms with Crippen molar-refractivity contribution in [3.05, 3.63) is 244 Å². The van der Waals surface area contributed by atoms with Crippen molar-refractivity contribution in [2.45, 2.75) is 102 Å². The minimum Gasteiger partial charge on any atom is -0.870 e. The first kappa shape index (κ1) is 68.0. The van der Waals surface area contributed by atoms with Crippen molar-refractivity contribution in [1.29, 1.82) is 0 Å². The molecule has 0 radical (unpaired) electrons. The summed E-state index contributed by atoms with van der Waals surface area (Å²) in [6.07, 6.45) is 7.12. The molecule has 9 heterocycles. The minimum absolute atomic E-state index is 0. The summed E-state index contributed by atoms with van der Waals surface area (Å²) in [4.78, 5) is 99.3. The van der Waals surface area contributed by atoms with E-state index >= 15 is 0 Å². The number of carbonyl (C=O) groups excluding carboxylic acids is 4. The number of nitrogens with one attached hydrogen (secondary N) is 3. The average Bonchev–Trinajstić information content (AvgIpc) is 1.57. The Kier molecular flexibility index (Phi) is 21.7. The molecule has 0 bridgehead atoms. The fourth-order valence-corrected chi connectivity index (χ4v) is 13.9. The third-order valence-corrected chi connectivity index (χ3v) is 18.3. The molecule has 22 heteroatoms. The molecule has 15 rings (SSSR count). The number of hydrogen-bond donors (Lipinski definition) is 6. The van der Waals surface area contributed by atoms with E-state index in [1.807, 2.05) is 71.6 Å². The summed E-state index contributed by atoms with van der Waals surface area (Å²) in [5.74, 6) is -0.473. The molecule has 21 nitrogen and oxygen atoms in total. The van der Waals surface area contributed by atoms with E-state index in [4.69, 9.17) is 24.1 Å². The van der Waals surface area contributed by atoms with Gasteiger partial charge in [0.1, 0.15) is 6.10 Å². The van der Waals surface area contributed by atoms with Crippen LogP contribution in [0.3, 0.4) is 0 Å². The van der Waals surface area contributed by atoms with Gasteiger partial charge in [-0.3, -0.25) is 33.6 Å². The van der Waals surface area contributed by atoms with E-state index in [1.54, 1.807) is 34.5 Å². The van der Waals surface area contributed by atoms with E-state index in [-0.39, 0.29) is 96.0 Å². The Morgan fingerprint density at radius 3 is 1.09 bits per heavy atom. The van der Waals surface area contributed by atoms with Crippen molar-refractivity contribution >= 4 is 56.0 Å². The Hall–Kier alpha value is -8.85. The molecule has 6 aromatic carbocycles. The second-order valence-corrected chi connectivity index (χ2v) is 23.9. The van der Waals surface area contributed by atoms with Gasteiger partial charge >= 0.3 is 24.8 Å².